The molecule has 4 aliphatic heterocycles. The van der Waals surface area contributed by atoms with E-state index in [4.69, 9.17) is 44.1 Å². The first kappa shape index (κ1) is 103. The van der Waals surface area contributed by atoms with E-state index in [1.54, 1.807) is 0 Å². The molecule has 4 fully saturated rings. The molecular formula is C85H99N23O25S4. The maximum Gasteiger partial charge on any atom is 0.407 e. The summed E-state index contributed by atoms with van der Waals surface area (Å²) >= 11 is 4.55. The number of carboxylic acids is 4. The van der Waals surface area contributed by atoms with E-state index in [0.29, 0.717) is 90.9 Å². The molecule has 4 unspecified atom stereocenters. The lowest BCUT2D eigenvalue weighted by Gasteiger charge is -2.16. The smallest absolute Gasteiger partial charge is 0.407 e. The van der Waals surface area contributed by atoms with Gasteiger partial charge in [0.2, 0.25) is 0 Å². The summed E-state index contributed by atoms with van der Waals surface area (Å²) in [6.45, 7) is 6.45. The second-order valence-electron chi connectivity index (χ2n) is 31.0. The van der Waals surface area contributed by atoms with Gasteiger partial charge in [-0.25, -0.2) is 69.4 Å². The van der Waals surface area contributed by atoms with Crippen LogP contribution < -0.4 is 37.2 Å². The van der Waals surface area contributed by atoms with Gasteiger partial charge >= 0.3 is 36.0 Å². The number of aromatic nitrogens is 16. The zero-order valence-electron chi connectivity index (χ0n) is 72.5. The van der Waals surface area contributed by atoms with Crippen molar-refractivity contribution >= 4 is 150 Å². The minimum Gasteiger partial charge on any atom is -0.480 e. The molecule has 19 N–H and O–H groups in total. The Kier molecular flexibility index (Phi) is 36.1. The van der Waals surface area contributed by atoms with Gasteiger partial charge in [-0.05, 0) is 49.9 Å². The van der Waals surface area contributed by atoms with E-state index in [-0.39, 0.29) is 32.1 Å². The molecule has 0 radical (unpaired) electrons. The number of aliphatic hydroxyl groups is 8. The molecule has 0 aliphatic carbocycles. The van der Waals surface area contributed by atoms with E-state index in [1.807, 2.05) is 106 Å². The fourth-order valence-corrected chi connectivity index (χ4v) is 17.3. The number of ether oxygens (including phenoxy) is 5. The first-order chi connectivity index (χ1) is 65.3. The van der Waals surface area contributed by atoms with E-state index in [0.717, 1.165) is 45.8 Å². The zero-order chi connectivity index (χ0) is 97.0. The fourth-order valence-electron chi connectivity index (χ4n) is 13.9. The second-order valence-corrected chi connectivity index (χ2v) is 34.9. The Bertz CT molecular complexity index is 5420. The SMILES string of the molecule is C.Cc1ccc(CNc2ncnc3c2ncn3[C@@H]2O[C@H](CNC(=O)NCC(=O)O)[C@H](O)C2O)cc1.Cc1ccc(CNc2ncnc3c2ncn3[C@@H]2O[C@H](CSC(=O)NCC(=O)O)[C@H](O)C2O)cc1.Cc1ccc(CSc2ncnc3c2ncn3[C@@H]2O[C@H](COC(=O)NCC(=O)O)[C@H](O)C2O)cc1.Cc1ccc(CSc2ncnc3c2ncn3[C@@H]2O[C@H](CSC(=O)NCC(=O)O)[C@H](O)C2O)cc1. The number of thioether (sulfide) groups is 4. The average Bonchev–Trinajstić information content (AvgIpc) is 1.64. The lowest BCUT2D eigenvalue weighted by atomic mass is 10.1. The average molecular weight is 1970 g/mol. The molecule has 4 aromatic carbocycles. The lowest BCUT2D eigenvalue weighted by Crippen LogP contribution is -2.44. The van der Waals surface area contributed by atoms with Gasteiger partial charge in [-0.2, -0.15) is 0 Å². The van der Waals surface area contributed by atoms with E-state index in [1.165, 1.54) is 115 Å². The van der Waals surface area contributed by atoms with Gasteiger partial charge in [-0.15, -0.1) is 0 Å². The van der Waals surface area contributed by atoms with Crippen LogP contribution in [0, 0.1) is 27.7 Å². The molecule has 0 bridgehead atoms. The summed E-state index contributed by atoms with van der Waals surface area (Å²) in [5.41, 5.74) is 12.8. The number of urea groups is 1. The molecule has 0 saturated carbocycles. The number of carbonyl (C=O) groups excluding carboxylic acids is 4. The number of aliphatic carboxylic acids is 4. The van der Waals surface area contributed by atoms with Gasteiger partial charge < -0.3 is 122 Å². The van der Waals surface area contributed by atoms with Crippen molar-refractivity contribution in [1.82, 2.24) is 105 Å². The molecule has 0 spiro atoms. The van der Waals surface area contributed by atoms with Crippen molar-refractivity contribution in [1.29, 1.82) is 0 Å². The third-order valence-corrected chi connectivity index (χ3v) is 25.0. The van der Waals surface area contributed by atoms with Crippen LogP contribution in [0.2, 0.25) is 0 Å². The predicted octanol–water partition coefficient (Wildman–Crippen LogP) is 3.71. The number of aryl methyl sites for hydroxylation is 4. The van der Waals surface area contributed by atoms with Crippen molar-refractivity contribution in [3.63, 3.8) is 0 Å². The van der Waals surface area contributed by atoms with Crippen LogP contribution in [0.4, 0.5) is 30.8 Å². The Morgan fingerprint density at radius 2 is 0.664 bits per heavy atom. The first-order valence-corrected chi connectivity index (χ1v) is 45.6. The van der Waals surface area contributed by atoms with Crippen LogP contribution in [0.15, 0.2) is 158 Å². The Labute approximate surface area is 795 Å². The maximum atomic E-state index is 11.7. The minimum atomic E-state index is -1.35. The summed E-state index contributed by atoms with van der Waals surface area (Å²) in [5, 5.41) is 136. The predicted molar refractivity (Wildman–Crippen MR) is 493 cm³/mol. The van der Waals surface area contributed by atoms with Crippen LogP contribution in [0.3, 0.4) is 0 Å². The number of nitrogens with one attached hydrogen (secondary N) is 7. The topological polar surface area (TPSA) is 684 Å². The number of imidazole rings is 4. The molecular weight excluding hydrogens is 1870 g/mol. The summed E-state index contributed by atoms with van der Waals surface area (Å²) in [4.78, 5) is 141. The van der Waals surface area contributed by atoms with Crippen molar-refractivity contribution in [2.75, 3.05) is 61.5 Å². The van der Waals surface area contributed by atoms with Crippen LogP contribution in [0.5, 0.6) is 0 Å². The van der Waals surface area contributed by atoms with Crippen molar-refractivity contribution < 1.29 is 123 Å². The lowest BCUT2D eigenvalue weighted by molar-refractivity contribution is -0.136. The van der Waals surface area contributed by atoms with Crippen LogP contribution >= 0.6 is 47.0 Å². The standard InChI is InChI=1S/C21H25N7O6.C21H24N6O6S.C21H23N5O7S.C21H23N5O6S2.CH4/c1-11-2-4-12(5-3-11)6-22-18-15-19(26-9-25-18)28(10-27-15)20-17(32)16(31)13(34-20)7-23-21(33)24-8-14(29)30;1-11-2-4-12(5-3-11)6-22-18-15-19(25-9-24-18)27(10-26-15)20-17(31)16(30)13(33-20)8-34-21(32)23-7-14(28)29;1-11-2-4-12(5-3-11)8-34-19-15-18(23-9-24-19)26(10-25-15)20-17(30)16(29)13(33-20)7-32-21(31)22-6-14(27)28;1-11-2-4-12(5-3-11)7-33-19-15-18(23-9-24-19)26(10-25-15)20-17(30)16(29)13(32-20)8-34-21(31)22-6-14(27)28;/h2-5,9-10,13,16-17,20,31-32H,6-8H2,1H3,(H,29,30)(H,22,25,26)(H2,23,24,33);2-5,9-10,13,16-17,20,30-31H,6-8H2,1H3,(H,23,32)(H,28,29)(H,22,24,25);2*2-5,9-10,13,16-17,20,29-30H,6-8H2,1H3,(H,22,31)(H,27,28);1H4/t4*13-,16+,17?,20-;/m1111./s1. The van der Waals surface area contributed by atoms with Crippen LogP contribution in [-0.4, -0.2) is 310 Å². The molecule has 728 valence electrons. The maximum absolute atomic E-state index is 11.7. The number of aliphatic hydroxyl groups excluding tert-OH is 8. The third kappa shape index (κ3) is 26.8. The van der Waals surface area contributed by atoms with Crippen LogP contribution in [-0.2, 0) is 67.5 Å². The van der Waals surface area contributed by atoms with E-state index < -0.39 is 171 Å². The van der Waals surface area contributed by atoms with Gasteiger partial charge in [-0.1, -0.05) is 174 Å². The molecule has 16 atom stereocenters. The number of fused-ring (bicyclic) bond motifs is 4. The molecule has 4 aliphatic rings. The number of anilines is 2. The summed E-state index contributed by atoms with van der Waals surface area (Å²) in [5.74, 6) is -2.29. The van der Waals surface area contributed by atoms with Crippen molar-refractivity contribution in [2.45, 2.75) is 168 Å². The summed E-state index contributed by atoms with van der Waals surface area (Å²) in [6.07, 6.45) is -7.68. The molecule has 12 heterocycles. The highest BCUT2D eigenvalue weighted by atomic mass is 32.2. The van der Waals surface area contributed by atoms with Crippen molar-refractivity contribution in [3.8, 4) is 0 Å². The number of hydrogen-bond donors (Lipinski definition) is 19. The molecule has 12 aromatic rings. The molecule has 48 nitrogen and oxygen atoms in total. The summed E-state index contributed by atoms with van der Waals surface area (Å²) in [6, 6.07) is 31.8. The summed E-state index contributed by atoms with van der Waals surface area (Å²) in [7, 11) is 0. The Morgan fingerprint density at radius 1 is 0.358 bits per heavy atom. The van der Waals surface area contributed by atoms with Gasteiger partial charge in [0, 0.05) is 42.6 Å². The number of nitrogens with zero attached hydrogens (tertiary/aromatic N) is 16. The first-order valence-electron chi connectivity index (χ1n) is 41.7. The quantitative estimate of drug-likeness (QED) is 0.0211. The Morgan fingerprint density at radius 3 is 1.04 bits per heavy atom. The van der Waals surface area contributed by atoms with Crippen molar-refractivity contribution in [3.05, 3.63) is 192 Å². The number of carboxylic acid groups (broad SMARTS) is 4. The highest BCUT2D eigenvalue weighted by Gasteiger charge is 2.49. The molecule has 52 heteroatoms. The molecule has 16 rings (SSSR count). The number of carbonyl (C=O) groups is 8. The monoisotopic (exact) mass is 1970 g/mol. The van der Waals surface area contributed by atoms with Crippen molar-refractivity contribution in [2.24, 2.45) is 0 Å². The molecule has 4 saturated heterocycles. The largest absolute Gasteiger partial charge is 0.480 e. The van der Waals surface area contributed by atoms with E-state index >= 15 is 0 Å². The highest BCUT2D eigenvalue weighted by molar-refractivity contribution is 8.13. The number of alkyl carbamates (subject to hydrolysis) is 1. The van der Waals surface area contributed by atoms with Crippen LogP contribution in [0.1, 0.15) is 76.8 Å². The number of benzene rings is 4. The van der Waals surface area contributed by atoms with Gasteiger partial charge in [0.15, 0.2) is 70.2 Å². The van der Waals surface area contributed by atoms with E-state index in [2.05, 4.69) is 116 Å². The minimum absolute atomic E-state index is 0. The zero-order valence-corrected chi connectivity index (χ0v) is 75.8. The Hall–Kier alpha value is -13.0. The molecule has 8 aromatic heterocycles. The number of hydrogen-bond acceptors (Lipinski definition) is 39. The number of amides is 5. The van der Waals surface area contributed by atoms with Gasteiger partial charge in [-0.3, -0.25) is 47.0 Å². The third-order valence-electron chi connectivity index (χ3n) is 21.1. The van der Waals surface area contributed by atoms with Gasteiger partial charge in [0.1, 0.15) is 140 Å². The molecule has 137 heavy (non-hydrogen) atoms. The van der Waals surface area contributed by atoms with Crippen LogP contribution in [0.25, 0.3) is 44.7 Å². The van der Waals surface area contributed by atoms with Gasteiger partial charge in [0.25, 0.3) is 10.5 Å². The fraction of sp³-hybridized carbons (Fsp3) is 0.388. The Balaban J connectivity index is 0.000000164. The normalized spacial score (nSPS) is 21.9. The second kappa shape index (κ2) is 48.1. The van der Waals surface area contributed by atoms with E-state index in [9.17, 15) is 79.2 Å². The van der Waals surface area contributed by atoms with Gasteiger partial charge in [0.05, 0.1) is 37.5 Å². The molecule has 5 amide bonds. The highest BCUT2D eigenvalue weighted by Crippen LogP contribution is 2.40. The number of rotatable bonds is 32. The summed E-state index contributed by atoms with van der Waals surface area (Å²) < 4.78 is 34.1.